The highest BCUT2D eigenvalue weighted by Gasteiger charge is 2.25. The van der Waals surface area contributed by atoms with Crippen LogP contribution in [0.15, 0.2) is 60.8 Å². The van der Waals surface area contributed by atoms with Gasteiger partial charge in [-0.25, -0.2) is 4.98 Å². The molecule has 0 spiro atoms. The number of rotatable bonds is 3. The second-order valence-corrected chi connectivity index (χ2v) is 6.58. The number of hydrogen-bond donors (Lipinski definition) is 1. The van der Waals surface area contributed by atoms with Gasteiger partial charge in [0.05, 0.1) is 5.56 Å². The monoisotopic (exact) mass is 360 g/mol. The molecule has 0 radical (unpaired) electrons. The summed E-state index contributed by atoms with van der Waals surface area (Å²) in [4.78, 5) is 32.7. The van der Waals surface area contributed by atoms with E-state index in [4.69, 9.17) is 5.73 Å². The van der Waals surface area contributed by atoms with E-state index in [1.807, 2.05) is 52.3 Å². The summed E-state index contributed by atoms with van der Waals surface area (Å²) >= 11 is 0. The number of nitrogens with two attached hydrogens (primary N) is 1. The summed E-state index contributed by atoms with van der Waals surface area (Å²) in [6.07, 6.45) is 1.65. The largest absolute Gasteiger partial charge is 0.365 e. The van der Waals surface area contributed by atoms with E-state index in [1.54, 1.807) is 18.3 Å². The minimum absolute atomic E-state index is 0.0246. The average molecular weight is 360 g/mol. The highest BCUT2D eigenvalue weighted by molar-refractivity contribution is 5.99. The second kappa shape index (κ2) is 7.07. The van der Waals surface area contributed by atoms with Crippen molar-refractivity contribution in [2.45, 2.75) is 0 Å². The Balaban J connectivity index is 1.49. The van der Waals surface area contributed by atoms with E-state index < -0.39 is 5.91 Å². The Labute approximate surface area is 157 Å². The van der Waals surface area contributed by atoms with Crippen molar-refractivity contribution in [2.75, 3.05) is 31.1 Å². The number of nitrogens with zero attached hydrogens (tertiary/aromatic N) is 3. The van der Waals surface area contributed by atoms with Crippen LogP contribution >= 0.6 is 0 Å². The third-order valence-corrected chi connectivity index (χ3v) is 4.91. The molecule has 0 atom stereocenters. The molecule has 0 saturated carbocycles. The number of amides is 2. The van der Waals surface area contributed by atoms with Crippen LogP contribution < -0.4 is 10.6 Å². The lowest BCUT2D eigenvalue weighted by Crippen LogP contribution is -2.49. The SMILES string of the molecule is NC(=O)c1cccnc1N1CCN(C(=O)c2ccc3ccccc3c2)CC1. The number of fused-ring (bicyclic) bond motifs is 1. The molecule has 4 rings (SSSR count). The first kappa shape index (κ1) is 17.0. The van der Waals surface area contributed by atoms with Gasteiger partial charge in [-0.2, -0.15) is 0 Å². The maximum atomic E-state index is 12.9. The molecule has 6 nitrogen and oxygen atoms in total. The summed E-state index contributed by atoms with van der Waals surface area (Å²) < 4.78 is 0. The number of piperazine rings is 1. The highest BCUT2D eigenvalue weighted by Crippen LogP contribution is 2.21. The molecular weight excluding hydrogens is 340 g/mol. The Hall–Kier alpha value is -3.41. The van der Waals surface area contributed by atoms with Crippen LogP contribution in [0.5, 0.6) is 0 Å². The molecule has 1 aliphatic rings. The van der Waals surface area contributed by atoms with E-state index in [0.717, 1.165) is 10.8 Å². The first-order valence-electron chi connectivity index (χ1n) is 8.91. The standard InChI is InChI=1S/C21H20N4O2/c22-19(26)18-6-3-9-23-20(18)24-10-12-25(13-11-24)21(27)17-8-7-15-4-1-2-5-16(15)14-17/h1-9,14H,10-13H2,(H2,22,26). The van der Waals surface area contributed by atoms with Gasteiger partial charge in [0.1, 0.15) is 5.82 Å². The molecule has 1 fully saturated rings. The molecule has 27 heavy (non-hydrogen) atoms. The van der Waals surface area contributed by atoms with Gasteiger partial charge in [-0.05, 0) is 35.0 Å². The van der Waals surface area contributed by atoms with Gasteiger partial charge in [-0.15, -0.1) is 0 Å². The Bertz CT molecular complexity index is 1010. The van der Waals surface area contributed by atoms with E-state index in [9.17, 15) is 9.59 Å². The predicted molar refractivity (Wildman–Crippen MR) is 105 cm³/mol. The van der Waals surface area contributed by atoms with E-state index in [2.05, 4.69) is 4.98 Å². The zero-order chi connectivity index (χ0) is 18.8. The van der Waals surface area contributed by atoms with E-state index in [0.29, 0.717) is 43.1 Å². The molecule has 1 aromatic heterocycles. The number of primary amides is 1. The Kier molecular flexibility index (Phi) is 4.46. The summed E-state index contributed by atoms with van der Waals surface area (Å²) in [6, 6.07) is 17.2. The number of benzene rings is 2. The van der Waals surface area contributed by atoms with Gasteiger partial charge in [0, 0.05) is 37.9 Å². The molecule has 6 heteroatoms. The predicted octanol–water partition coefficient (Wildman–Crippen LogP) is 2.30. The number of carbonyl (C=O) groups is 2. The first-order valence-corrected chi connectivity index (χ1v) is 8.91. The quantitative estimate of drug-likeness (QED) is 0.777. The fraction of sp³-hybridized carbons (Fsp3) is 0.190. The third-order valence-electron chi connectivity index (χ3n) is 4.91. The van der Waals surface area contributed by atoms with Gasteiger partial charge in [0.2, 0.25) is 0 Å². The van der Waals surface area contributed by atoms with Crippen molar-refractivity contribution in [3.8, 4) is 0 Å². The van der Waals surface area contributed by atoms with E-state index >= 15 is 0 Å². The van der Waals surface area contributed by atoms with Crippen molar-refractivity contribution in [1.29, 1.82) is 0 Å². The number of anilines is 1. The van der Waals surface area contributed by atoms with Crippen molar-refractivity contribution in [1.82, 2.24) is 9.88 Å². The third kappa shape index (κ3) is 3.33. The fourth-order valence-corrected chi connectivity index (χ4v) is 3.47. The molecule has 2 amide bonds. The Morgan fingerprint density at radius 2 is 1.63 bits per heavy atom. The molecular formula is C21H20N4O2. The Morgan fingerprint density at radius 3 is 2.37 bits per heavy atom. The summed E-state index contributed by atoms with van der Waals surface area (Å²) in [5, 5.41) is 2.18. The minimum Gasteiger partial charge on any atom is -0.365 e. The van der Waals surface area contributed by atoms with Gasteiger partial charge in [-0.1, -0.05) is 30.3 Å². The lowest BCUT2D eigenvalue weighted by atomic mass is 10.1. The van der Waals surface area contributed by atoms with E-state index in [-0.39, 0.29) is 5.91 Å². The van der Waals surface area contributed by atoms with Crippen LogP contribution in [0.3, 0.4) is 0 Å². The summed E-state index contributed by atoms with van der Waals surface area (Å²) in [7, 11) is 0. The van der Waals surface area contributed by atoms with Crippen LogP contribution in [-0.4, -0.2) is 47.9 Å². The first-order chi connectivity index (χ1) is 13.1. The fourth-order valence-electron chi connectivity index (χ4n) is 3.47. The molecule has 2 aromatic carbocycles. The zero-order valence-corrected chi connectivity index (χ0v) is 14.8. The van der Waals surface area contributed by atoms with Crippen molar-refractivity contribution in [3.63, 3.8) is 0 Å². The van der Waals surface area contributed by atoms with Gasteiger partial charge in [-0.3, -0.25) is 9.59 Å². The second-order valence-electron chi connectivity index (χ2n) is 6.58. The van der Waals surface area contributed by atoms with E-state index in [1.165, 1.54) is 0 Å². The zero-order valence-electron chi connectivity index (χ0n) is 14.8. The van der Waals surface area contributed by atoms with Crippen molar-refractivity contribution < 1.29 is 9.59 Å². The van der Waals surface area contributed by atoms with Crippen LogP contribution in [0.4, 0.5) is 5.82 Å². The molecule has 2 N–H and O–H groups in total. The summed E-state index contributed by atoms with van der Waals surface area (Å²) in [5.41, 5.74) is 6.55. The lowest BCUT2D eigenvalue weighted by molar-refractivity contribution is 0.0746. The number of carbonyl (C=O) groups excluding carboxylic acids is 2. The van der Waals surface area contributed by atoms with Crippen LogP contribution in [0.1, 0.15) is 20.7 Å². The maximum absolute atomic E-state index is 12.9. The highest BCUT2D eigenvalue weighted by atomic mass is 16.2. The van der Waals surface area contributed by atoms with Crippen LogP contribution in [-0.2, 0) is 0 Å². The lowest BCUT2D eigenvalue weighted by Gasteiger charge is -2.36. The van der Waals surface area contributed by atoms with Gasteiger partial charge in [0.15, 0.2) is 0 Å². The summed E-state index contributed by atoms with van der Waals surface area (Å²) in [6.45, 7) is 2.36. The molecule has 3 aromatic rings. The van der Waals surface area contributed by atoms with Crippen LogP contribution in [0.2, 0.25) is 0 Å². The molecule has 1 saturated heterocycles. The maximum Gasteiger partial charge on any atom is 0.253 e. The molecule has 136 valence electrons. The molecule has 0 bridgehead atoms. The van der Waals surface area contributed by atoms with Crippen molar-refractivity contribution in [2.24, 2.45) is 5.73 Å². The van der Waals surface area contributed by atoms with Gasteiger partial charge < -0.3 is 15.5 Å². The van der Waals surface area contributed by atoms with Crippen molar-refractivity contribution >= 4 is 28.4 Å². The smallest absolute Gasteiger partial charge is 0.253 e. The van der Waals surface area contributed by atoms with Crippen LogP contribution in [0.25, 0.3) is 10.8 Å². The van der Waals surface area contributed by atoms with Gasteiger partial charge in [0.25, 0.3) is 11.8 Å². The van der Waals surface area contributed by atoms with Crippen molar-refractivity contribution in [3.05, 3.63) is 71.9 Å². The molecule has 1 aliphatic heterocycles. The topological polar surface area (TPSA) is 79.5 Å². The number of pyridine rings is 1. The normalized spacial score (nSPS) is 14.4. The van der Waals surface area contributed by atoms with Gasteiger partial charge >= 0.3 is 0 Å². The molecule has 0 unspecified atom stereocenters. The average Bonchev–Trinajstić information content (AvgIpc) is 2.73. The number of aromatic nitrogens is 1. The minimum atomic E-state index is -0.493. The molecule has 0 aliphatic carbocycles. The number of hydrogen-bond acceptors (Lipinski definition) is 4. The molecule has 2 heterocycles. The summed E-state index contributed by atoms with van der Waals surface area (Å²) in [5.74, 6) is 0.118. The Morgan fingerprint density at radius 1 is 0.889 bits per heavy atom. The van der Waals surface area contributed by atoms with Crippen LogP contribution in [0, 0.1) is 0 Å².